The standard InChI is InChI=1S/C22H24N4O5/c1-15-3-5-17(6-4-15)24-10-9-23(12-16(24)2)19-8-7-18(11-20(19)26(29)30)25-21(27)13-31-14-22(25)28/h3-8,11,16H,9-10,12-14H2,1-2H3. The second-order valence-electron chi connectivity index (χ2n) is 7.87. The predicted octanol–water partition coefficient (Wildman–Crippen LogP) is 2.51. The molecule has 0 bridgehead atoms. The molecule has 9 heteroatoms. The normalized spacial score (nSPS) is 19.7. The van der Waals surface area contributed by atoms with Crippen LogP contribution in [0.2, 0.25) is 0 Å². The lowest BCUT2D eigenvalue weighted by molar-refractivity contribution is -0.384. The molecule has 0 spiro atoms. The molecule has 2 aliphatic rings. The maximum atomic E-state index is 12.1. The third kappa shape index (κ3) is 4.09. The number of hydrogen-bond donors (Lipinski definition) is 0. The minimum atomic E-state index is -0.529. The number of piperazine rings is 1. The number of nitro benzene ring substituents is 1. The van der Waals surface area contributed by atoms with E-state index in [1.807, 2.05) is 11.8 Å². The van der Waals surface area contributed by atoms with Crippen LogP contribution in [-0.4, -0.2) is 55.6 Å². The number of nitrogens with zero attached hydrogens (tertiary/aromatic N) is 4. The summed E-state index contributed by atoms with van der Waals surface area (Å²) < 4.78 is 4.92. The molecule has 1 atom stereocenters. The van der Waals surface area contributed by atoms with Crippen molar-refractivity contribution in [3.05, 3.63) is 58.1 Å². The van der Waals surface area contributed by atoms with Crippen LogP contribution in [0, 0.1) is 17.0 Å². The van der Waals surface area contributed by atoms with Gasteiger partial charge in [0.25, 0.3) is 17.5 Å². The van der Waals surface area contributed by atoms with Crippen molar-refractivity contribution in [1.29, 1.82) is 0 Å². The number of ether oxygens (including phenoxy) is 1. The number of hydrogen-bond acceptors (Lipinski definition) is 7. The first kappa shape index (κ1) is 20.8. The molecule has 0 aliphatic carbocycles. The van der Waals surface area contributed by atoms with Gasteiger partial charge in [-0.1, -0.05) is 17.7 Å². The van der Waals surface area contributed by atoms with E-state index in [-0.39, 0.29) is 30.6 Å². The number of rotatable bonds is 4. The number of aryl methyl sites for hydroxylation is 1. The Bertz CT molecular complexity index is 1010. The fraction of sp³-hybridized carbons (Fsp3) is 0.364. The molecule has 2 aromatic carbocycles. The van der Waals surface area contributed by atoms with Gasteiger partial charge in [-0.05, 0) is 38.1 Å². The third-order valence-electron chi connectivity index (χ3n) is 5.70. The van der Waals surface area contributed by atoms with Crippen molar-refractivity contribution in [1.82, 2.24) is 0 Å². The van der Waals surface area contributed by atoms with Gasteiger partial charge in [0.05, 0.1) is 10.6 Å². The van der Waals surface area contributed by atoms with Crippen LogP contribution in [0.1, 0.15) is 12.5 Å². The molecule has 162 valence electrons. The zero-order valence-corrected chi connectivity index (χ0v) is 17.5. The summed E-state index contributed by atoms with van der Waals surface area (Å²) in [6.45, 7) is 5.66. The molecular formula is C22H24N4O5. The van der Waals surface area contributed by atoms with Gasteiger partial charge in [0.1, 0.15) is 18.9 Å². The Kier molecular flexibility index (Phi) is 5.60. The molecule has 4 rings (SSSR count). The minimum absolute atomic E-state index is 0.124. The average Bonchev–Trinajstić information content (AvgIpc) is 2.74. The molecule has 0 aromatic heterocycles. The van der Waals surface area contributed by atoms with Crippen LogP contribution in [0.25, 0.3) is 0 Å². The lowest BCUT2D eigenvalue weighted by Gasteiger charge is -2.42. The van der Waals surface area contributed by atoms with Crippen LogP contribution >= 0.6 is 0 Å². The Hall–Kier alpha value is -3.46. The first-order valence-corrected chi connectivity index (χ1v) is 10.2. The molecule has 0 saturated carbocycles. The molecule has 0 radical (unpaired) electrons. The van der Waals surface area contributed by atoms with Crippen molar-refractivity contribution >= 4 is 34.6 Å². The highest BCUT2D eigenvalue weighted by molar-refractivity contribution is 6.17. The van der Waals surface area contributed by atoms with Crippen molar-refractivity contribution in [3.63, 3.8) is 0 Å². The minimum Gasteiger partial charge on any atom is -0.365 e. The number of anilines is 3. The summed E-state index contributed by atoms with van der Waals surface area (Å²) in [6, 6.07) is 13.0. The molecule has 2 aromatic rings. The Morgan fingerprint density at radius 2 is 1.65 bits per heavy atom. The zero-order valence-electron chi connectivity index (χ0n) is 17.5. The molecule has 0 N–H and O–H groups in total. The van der Waals surface area contributed by atoms with E-state index in [1.165, 1.54) is 11.6 Å². The van der Waals surface area contributed by atoms with Gasteiger partial charge in [-0.3, -0.25) is 19.7 Å². The highest BCUT2D eigenvalue weighted by Gasteiger charge is 2.32. The van der Waals surface area contributed by atoms with Crippen LogP contribution in [-0.2, 0) is 14.3 Å². The lowest BCUT2D eigenvalue weighted by Crippen LogP contribution is -2.52. The second-order valence-corrected chi connectivity index (χ2v) is 7.87. The van der Waals surface area contributed by atoms with Gasteiger partial charge in [-0.25, -0.2) is 4.90 Å². The monoisotopic (exact) mass is 424 g/mol. The first-order chi connectivity index (χ1) is 14.8. The maximum absolute atomic E-state index is 12.1. The van der Waals surface area contributed by atoms with Crippen LogP contribution in [0.5, 0.6) is 0 Å². The van der Waals surface area contributed by atoms with Crippen LogP contribution in [0.15, 0.2) is 42.5 Å². The summed E-state index contributed by atoms with van der Waals surface area (Å²) in [4.78, 5) is 40.8. The highest BCUT2D eigenvalue weighted by atomic mass is 16.6. The van der Waals surface area contributed by atoms with E-state index in [0.717, 1.165) is 17.1 Å². The number of carbonyl (C=O) groups excluding carboxylic acids is 2. The number of nitro groups is 1. The van der Waals surface area contributed by atoms with E-state index >= 15 is 0 Å². The number of imide groups is 1. The molecule has 9 nitrogen and oxygen atoms in total. The highest BCUT2D eigenvalue weighted by Crippen LogP contribution is 2.35. The maximum Gasteiger partial charge on any atom is 0.294 e. The van der Waals surface area contributed by atoms with Gasteiger partial charge in [-0.2, -0.15) is 0 Å². The average molecular weight is 424 g/mol. The van der Waals surface area contributed by atoms with Gasteiger partial charge < -0.3 is 14.5 Å². The van der Waals surface area contributed by atoms with Crippen molar-refractivity contribution in [3.8, 4) is 0 Å². The quantitative estimate of drug-likeness (QED) is 0.423. The van der Waals surface area contributed by atoms with Crippen LogP contribution in [0.4, 0.5) is 22.7 Å². The topological polar surface area (TPSA) is 96.2 Å². The van der Waals surface area contributed by atoms with Gasteiger partial charge in [0.2, 0.25) is 0 Å². The van der Waals surface area contributed by atoms with E-state index in [0.29, 0.717) is 18.8 Å². The second kappa shape index (κ2) is 8.35. The van der Waals surface area contributed by atoms with Crippen molar-refractivity contribution in [2.24, 2.45) is 0 Å². The van der Waals surface area contributed by atoms with Gasteiger partial charge >= 0.3 is 0 Å². The SMILES string of the molecule is Cc1ccc(N2CCN(c3ccc(N4C(=O)COCC4=O)cc3[N+](=O)[O-])CC2C)cc1. The molecule has 2 fully saturated rings. The Balaban J connectivity index is 1.58. The van der Waals surface area contributed by atoms with Gasteiger partial charge in [0, 0.05) is 37.4 Å². The Labute approximate surface area is 179 Å². The Morgan fingerprint density at radius 1 is 1.00 bits per heavy atom. The van der Waals surface area contributed by atoms with Crippen molar-refractivity contribution < 1.29 is 19.2 Å². The number of amides is 2. The molecule has 2 amide bonds. The van der Waals surface area contributed by atoms with E-state index in [1.54, 1.807) is 12.1 Å². The van der Waals surface area contributed by atoms with Gasteiger partial charge in [-0.15, -0.1) is 0 Å². The molecule has 2 saturated heterocycles. The molecule has 2 heterocycles. The summed E-state index contributed by atoms with van der Waals surface area (Å²) in [5.41, 5.74) is 2.88. The Morgan fingerprint density at radius 3 is 2.26 bits per heavy atom. The molecule has 2 aliphatic heterocycles. The molecular weight excluding hydrogens is 400 g/mol. The molecule has 1 unspecified atom stereocenters. The summed E-state index contributed by atoms with van der Waals surface area (Å²) in [7, 11) is 0. The molecule has 31 heavy (non-hydrogen) atoms. The number of carbonyl (C=O) groups is 2. The predicted molar refractivity (Wildman–Crippen MR) is 117 cm³/mol. The lowest BCUT2D eigenvalue weighted by atomic mass is 10.1. The van der Waals surface area contributed by atoms with Crippen molar-refractivity contribution in [2.75, 3.05) is 47.5 Å². The summed E-state index contributed by atoms with van der Waals surface area (Å²) in [6.07, 6.45) is 0. The van der Waals surface area contributed by atoms with Crippen LogP contribution in [0.3, 0.4) is 0 Å². The summed E-state index contributed by atoms with van der Waals surface area (Å²) in [5, 5.41) is 11.8. The van der Waals surface area contributed by atoms with E-state index in [9.17, 15) is 19.7 Å². The fourth-order valence-corrected chi connectivity index (χ4v) is 4.14. The summed E-state index contributed by atoms with van der Waals surface area (Å²) >= 11 is 0. The third-order valence-corrected chi connectivity index (χ3v) is 5.70. The summed E-state index contributed by atoms with van der Waals surface area (Å²) in [5.74, 6) is -1.06. The van der Waals surface area contributed by atoms with Crippen molar-refractivity contribution in [2.45, 2.75) is 19.9 Å². The zero-order chi connectivity index (χ0) is 22.1. The van der Waals surface area contributed by atoms with E-state index in [4.69, 9.17) is 4.74 Å². The van der Waals surface area contributed by atoms with E-state index in [2.05, 4.69) is 36.1 Å². The largest absolute Gasteiger partial charge is 0.365 e. The number of benzene rings is 2. The first-order valence-electron chi connectivity index (χ1n) is 10.2. The van der Waals surface area contributed by atoms with Gasteiger partial charge in [0.15, 0.2) is 0 Å². The van der Waals surface area contributed by atoms with Crippen LogP contribution < -0.4 is 14.7 Å². The fourth-order valence-electron chi connectivity index (χ4n) is 4.14. The van der Waals surface area contributed by atoms with E-state index < -0.39 is 16.7 Å². The number of morpholine rings is 1. The smallest absolute Gasteiger partial charge is 0.294 e.